The molecule has 8 heteroatoms. The van der Waals surface area contributed by atoms with Crippen LogP contribution >= 0.6 is 0 Å². The Labute approximate surface area is 228 Å². The second-order valence-electron chi connectivity index (χ2n) is 9.05. The van der Waals surface area contributed by atoms with Gasteiger partial charge in [-0.1, -0.05) is 43.9 Å². The Balaban J connectivity index is 1.41. The molecule has 0 fully saturated rings. The number of benzene rings is 2. The quantitative estimate of drug-likeness (QED) is 0.151. The number of unbranched alkanes of at least 4 members (excludes halogenated alkanes) is 5. The van der Waals surface area contributed by atoms with Gasteiger partial charge < -0.3 is 24.4 Å². The van der Waals surface area contributed by atoms with E-state index in [1.54, 1.807) is 31.4 Å². The summed E-state index contributed by atoms with van der Waals surface area (Å²) >= 11 is 0. The van der Waals surface area contributed by atoms with Crippen LogP contribution in [0.15, 0.2) is 66.7 Å². The number of hydrogen-bond acceptors (Lipinski definition) is 6. The lowest BCUT2D eigenvalue weighted by atomic mass is 10.0. The summed E-state index contributed by atoms with van der Waals surface area (Å²) < 4.78 is 16.8. The van der Waals surface area contributed by atoms with Gasteiger partial charge in [0.25, 0.3) is 0 Å². The van der Waals surface area contributed by atoms with Crippen molar-refractivity contribution in [2.75, 3.05) is 13.7 Å². The Hall–Kier alpha value is -4.33. The molecule has 206 valence electrons. The van der Waals surface area contributed by atoms with Crippen molar-refractivity contribution in [3.05, 3.63) is 89.3 Å². The van der Waals surface area contributed by atoms with Crippen molar-refractivity contribution in [3.8, 4) is 17.2 Å². The second-order valence-corrected chi connectivity index (χ2v) is 9.05. The fraction of sp³-hybridized carbons (Fsp3) is 0.323. The minimum Gasteiger partial charge on any atom is -0.497 e. The zero-order chi connectivity index (χ0) is 27.9. The molecule has 0 unspecified atom stereocenters. The largest absolute Gasteiger partial charge is 0.497 e. The van der Waals surface area contributed by atoms with Crippen LogP contribution in [0.5, 0.6) is 17.2 Å². The molecule has 2 N–H and O–H groups in total. The molecule has 0 atom stereocenters. The highest BCUT2D eigenvalue weighted by atomic mass is 16.5. The average molecular weight is 534 g/mol. The Morgan fingerprint density at radius 3 is 2.31 bits per heavy atom. The van der Waals surface area contributed by atoms with Crippen LogP contribution in [0.1, 0.15) is 65.8 Å². The van der Waals surface area contributed by atoms with Crippen molar-refractivity contribution >= 4 is 18.0 Å². The van der Waals surface area contributed by atoms with Crippen LogP contribution in [0.4, 0.5) is 0 Å². The fourth-order valence-electron chi connectivity index (χ4n) is 3.97. The number of methoxy groups -OCH3 is 1. The molecule has 0 saturated heterocycles. The zero-order valence-corrected chi connectivity index (χ0v) is 22.2. The second kappa shape index (κ2) is 15.8. The van der Waals surface area contributed by atoms with E-state index in [4.69, 9.17) is 24.4 Å². The van der Waals surface area contributed by atoms with Crippen molar-refractivity contribution in [1.82, 2.24) is 4.98 Å². The normalized spacial score (nSPS) is 10.9. The zero-order valence-electron chi connectivity index (χ0n) is 22.2. The molecule has 1 heterocycles. The van der Waals surface area contributed by atoms with Gasteiger partial charge in [-0.25, -0.2) is 14.6 Å². The smallest absolute Gasteiger partial charge is 0.335 e. The molecule has 0 radical (unpaired) electrons. The monoisotopic (exact) mass is 533 g/mol. The van der Waals surface area contributed by atoms with Gasteiger partial charge in [0, 0.05) is 6.08 Å². The molecule has 0 aliphatic rings. The van der Waals surface area contributed by atoms with Crippen LogP contribution in [-0.2, 0) is 17.8 Å². The predicted molar refractivity (Wildman–Crippen MR) is 149 cm³/mol. The van der Waals surface area contributed by atoms with Crippen molar-refractivity contribution in [1.29, 1.82) is 0 Å². The Morgan fingerprint density at radius 2 is 1.59 bits per heavy atom. The van der Waals surface area contributed by atoms with Gasteiger partial charge in [-0.3, -0.25) is 0 Å². The Bertz CT molecular complexity index is 1240. The highest BCUT2D eigenvalue weighted by Crippen LogP contribution is 2.21. The number of aliphatic carboxylic acids is 1. The number of carbonyl (C=O) groups is 2. The molecule has 39 heavy (non-hydrogen) atoms. The summed E-state index contributed by atoms with van der Waals surface area (Å²) in [5.74, 6) is -0.329. The van der Waals surface area contributed by atoms with E-state index >= 15 is 0 Å². The number of hydrogen-bond donors (Lipinski definition) is 2. The molecule has 0 spiro atoms. The van der Waals surface area contributed by atoms with Crippen LogP contribution in [0, 0.1) is 0 Å². The number of nitrogens with zero attached hydrogens (tertiary/aromatic N) is 1. The van der Waals surface area contributed by atoms with E-state index in [0.717, 1.165) is 43.9 Å². The van der Waals surface area contributed by atoms with Gasteiger partial charge in [0.05, 0.1) is 25.0 Å². The Kier molecular flexibility index (Phi) is 11.9. The number of aryl methyl sites for hydroxylation is 1. The van der Waals surface area contributed by atoms with Gasteiger partial charge in [0.15, 0.2) is 0 Å². The van der Waals surface area contributed by atoms with Gasteiger partial charge in [-0.05, 0) is 73.4 Å². The maximum Gasteiger partial charge on any atom is 0.335 e. The SMILES string of the molecule is COc1ccc(CCCCCCCCOc2ccc(COc3cccc(C(=O)O)c3)nc2C=CC(=O)O)cc1. The lowest BCUT2D eigenvalue weighted by molar-refractivity contribution is -0.131. The molecule has 3 rings (SSSR count). The number of carboxylic acid groups (broad SMARTS) is 2. The first-order valence-electron chi connectivity index (χ1n) is 13.1. The molecular formula is C31H35NO7. The van der Waals surface area contributed by atoms with E-state index in [0.29, 0.717) is 29.5 Å². The third kappa shape index (κ3) is 10.5. The first-order chi connectivity index (χ1) is 18.9. The molecule has 0 aliphatic carbocycles. The summed E-state index contributed by atoms with van der Waals surface area (Å²) in [6.07, 6.45) is 10.1. The molecule has 0 bridgehead atoms. The number of rotatable bonds is 17. The number of carboxylic acids is 2. The molecule has 0 aliphatic heterocycles. The standard InChI is InChI=1S/C31H35NO7/c1-37-26-15-12-23(13-16-26)9-6-4-2-3-5-7-20-38-29-18-14-25(32-28(29)17-19-30(33)34)22-39-27-11-8-10-24(21-27)31(35)36/h8,10-19,21H,2-7,9,20,22H2,1H3,(H,33,34)(H,35,36). The molecule has 0 saturated carbocycles. The maximum atomic E-state index is 11.1. The van der Waals surface area contributed by atoms with E-state index in [1.807, 2.05) is 12.1 Å². The minimum absolute atomic E-state index is 0.0930. The summed E-state index contributed by atoms with van der Waals surface area (Å²) in [5.41, 5.74) is 2.41. The van der Waals surface area contributed by atoms with Gasteiger partial charge in [0.2, 0.25) is 0 Å². The van der Waals surface area contributed by atoms with E-state index in [9.17, 15) is 9.59 Å². The first kappa shape index (κ1) is 29.2. The highest BCUT2D eigenvalue weighted by Gasteiger charge is 2.08. The highest BCUT2D eigenvalue weighted by molar-refractivity contribution is 5.88. The first-order valence-corrected chi connectivity index (χ1v) is 13.1. The number of ether oxygens (including phenoxy) is 3. The van der Waals surface area contributed by atoms with Crippen LogP contribution in [0.25, 0.3) is 6.08 Å². The number of aromatic nitrogens is 1. The summed E-state index contributed by atoms with van der Waals surface area (Å²) in [4.78, 5) is 26.7. The fourth-order valence-corrected chi connectivity index (χ4v) is 3.97. The third-order valence-corrected chi connectivity index (χ3v) is 6.07. The van der Waals surface area contributed by atoms with Gasteiger partial charge in [-0.15, -0.1) is 0 Å². The van der Waals surface area contributed by atoms with Crippen molar-refractivity contribution in [2.24, 2.45) is 0 Å². The van der Waals surface area contributed by atoms with Crippen LogP contribution in [0.2, 0.25) is 0 Å². The lowest BCUT2D eigenvalue weighted by Gasteiger charge is -2.11. The number of aromatic carboxylic acids is 1. The van der Waals surface area contributed by atoms with Gasteiger partial charge in [0.1, 0.15) is 29.5 Å². The van der Waals surface area contributed by atoms with Gasteiger partial charge in [-0.2, -0.15) is 0 Å². The van der Waals surface area contributed by atoms with E-state index in [1.165, 1.54) is 36.6 Å². The molecule has 3 aromatic rings. The van der Waals surface area contributed by atoms with Crippen molar-refractivity contribution in [3.63, 3.8) is 0 Å². The molecule has 8 nitrogen and oxygen atoms in total. The lowest BCUT2D eigenvalue weighted by Crippen LogP contribution is -2.04. The Morgan fingerprint density at radius 1 is 0.846 bits per heavy atom. The van der Waals surface area contributed by atoms with Crippen molar-refractivity contribution < 1.29 is 34.0 Å². The maximum absolute atomic E-state index is 11.1. The summed E-state index contributed by atoms with van der Waals surface area (Å²) in [7, 11) is 1.67. The van der Waals surface area contributed by atoms with E-state index in [-0.39, 0.29) is 12.2 Å². The van der Waals surface area contributed by atoms with Gasteiger partial charge >= 0.3 is 11.9 Å². The number of pyridine rings is 1. The molecule has 1 aromatic heterocycles. The van der Waals surface area contributed by atoms with Crippen LogP contribution < -0.4 is 14.2 Å². The van der Waals surface area contributed by atoms with Crippen molar-refractivity contribution in [2.45, 2.75) is 51.6 Å². The van der Waals surface area contributed by atoms with Crippen LogP contribution in [0.3, 0.4) is 0 Å². The minimum atomic E-state index is -1.08. The molecular weight excluding hydrogens is 498 g/mol. The topological polar surface area (TPSA) is 115 Å². The average Bonchev–Trinajstić information content (AvgIpc) is 2.95. The molecule has 0 amide bonds. The summed E-state index contributed by atoms with van der Waals surface area (Å²) in [6, 6.07) is 17.9. The van der Waals surface area contributed by atoms with Crippen LogP contribution in [-0.4, -0.2) is 40.9 Å². The molecule has 2 aromatic carbocycles. The predicted octanol–water partition coefficient (Wildman–Crippen LogP) is 6.43. The summed E-state index contributed by atoms with van der Waals surface area (Å²) in [5, 5.41) is 18.2. The van der Waals surface area contributed by atoms with E-state index < -0.39 is 11.9 Å². The van der Waals surface area contributed by atoms with E-state index in [2.05, 4.69) is 17.1 Å². The summed E-state index contributed by atoms with van der Waals surface area (Å²) in [6.45, 7) is 0.606. The third-order valence-electron chi connectivity index (χ3n) is 6.07.